The fourth-order valence-electron chi connectivity index (χ4n) is 2.40. The number of rotatable bonds is 9. The standard InChI is InChI=1S/C19H22BrClFNO3/c1-3-15(10-24)23-9-12-6-16(20)19(18(7-12)25-2)26-11-13-4-5-14(22)8-17(13)21/h4-8,15,23-24H,3,9-11H2,1-2H3. The summed E-state index contributed by atoms with van der Waals surface area (Å²) in [7, 11) is 1.57. The molecule has 0 amide bonds. The molecule has 7 heteroatoms. The first-order chi connectivity index (χ1) is 12.5. The van der Waals surface area contributed by atoms with E-state index in [0.717, 1.165) is 16.5 Å². The summed E-state index contributed by atoms with van der Waals surface area (Å²) in [5, 5.41) is 12.9. The molecule has 0 aliphatic rings. The Balaban J connectivity index is 2.13. The highest BCUT2D eigenvalue weighted by atomic mass is 79.9. The molecule has 0 bridgehead atoms. The highest BCUT2D eigenvalue weighted by Crippen LogP contribution is 2.37. The Bertz CT molecular complexity index is 741. The molecule has 0 saturated heterocycles. The van der Waals surface area contributed by atoms with Crippen molar-refractivity contribution in [1.29, 1.82) is 0 Å². The maximum atomic E-state index is 13.1. The molecule has 4 nitrogen and oxygen atoms in total. The van der Waals surface area contributed by atoms with Gasteiger partial charge in [0, 0.05) is 18.2 Å². The smallest absolute Gasteiger partial charge is 0.175 e. The summed E-state index contributed by atoms with van der Waals surface area (Å²) >= 11 is 9.55. The number of hydrogen-bond donors (Lipinski definition) is 2. The van der Waals surface area contributed by atoms with E-state index in [2.05, 4.69) is 21.2 Å². The van der Waals surface area contributed by atoms with E-state index < -0.39 is 0 Å². The Morgan fingerprint density at radius 3 is 2.69 bits per heavy atom. The molecule has 2 rings (SSSR count). The van der Waals surface area contributed by atoms with E-state index in [1.165, 1.54) is 12.1 Å². The second kappa shape index (κ2) is 10.1. The lowest BCUT2D eigenvalue weighted by molar-refractivity contribution is 0.238. The van der Waals surface area contributed by atoms with Gasteiger partial charge in [-0.2, -0.15) is 0 Å². The summed E-state index contributed by atoms with van der Waals surface area (Å²) in [5.41, 5.74) is 1.68. The van der Waals surface area contributed by atoms with Crippen molar-refractivity contribution in [3.05, 3.63) is 56.8 Å². The summed E-state index contributed by atoms with van der Waals surface area (Å²) in [6, 6.07) is 8.06. The first-order valence-corrected chi connectivity index (χ1v) is 9.42. The second-order valence-electron chi connectivity index (χ2n) is 5.80. The molecule has 0 fully saturated rings. The molecule has 2 aromatic carbocycles. The lowest BCUT2D eigenvalue weighted by atomic mass is 10.1. The van der Waals surface area contributed by atoms with Crippen LogP contribution in [-0.4, -0.2) is 24.9 Å². The van der Waals surface area contributed by atoms with E-state index in [0.29, 0.717) is 28.6 Å². The predicted molar refractivity (Wildman–Crippen MR) is 104 cm³/mol. The van der Waals surface area contributed by atoms with E-state index >= 15 is 0 Å². The van der Waals surface area contributed by atoms with E-state index in [1.807, 2.05) is 19.1 Å². The molecule has 142 valence electrons. The van der Waals surface area contributed by atoms with Crippen molar-refractivity contribution < 1.29 is 19.0 Å². The normalized spacial score (nSPS) is 12.1. The van der Waals surface area contributed by atoms with Crippen LogP contribution in [0.3, 0.4) is 0 Å². The number of hydrogen-bond acceptors (Lipinski definition) is 4. The van der Waals surface area contributed by atoms with E-state index in [4.69, 9.17) is 21.1 Å². The summed E-state index contributed by atoms with van der Waals surface area (Å²) < 4.78 is 25.2. The minimum atomic E-state index is -0.386. The maximum absolute atomic E-state index is 13.1. The summed E-state index contributed by atoms with van der Waals surface area (Å²) in [6.07, 6.45) is 0.842. The van der Waals surface area contributed by atoms with Gasteiger partial charge in [0.1, 0.15) is 12.4 Å². The van der Waals surface area contributed by atoms with Gasteiger partial charge in [0.2, 0.25) is 0 Å². The average Bonchev–Trinajstić information content (AvgIpc) is 2.62. The molecular weight excluding hydrogens is 425 g/mol. The van der Waals surface area contributed by atoms with Crippen molar-refractivity contribution >= 4 is 27.5 Å². The molecule has 1 unspecified atom stereocenters. The highest BCUT2D eigenvalue weighted by Gasteiger charge is 2.14. The minimum Gasteiger partial charge on any atom is -0.493 e. The number of methoxy groups -OCH3 is 1. The highest BCUT2D eigenvalue weighted by molar-refractivity contribution is 9.10. The summed E-state index contributed by atoms with van der Waals surface area (Å²) in [6.45, 7) is 2.89. The van der Waals surface area contributed by atoms with E-state index in [1.54, 1.807) is 13.2 Å². The van der Waals surface area contributed by atoms with Gasteiger partial charge in [0.25, 0.3) is 0 Å². The van der Waals surface area contributed by atoms with Crippen LogP contribution in [0.4, 0.5) is 4.39 Å². The molecule has 1 atom stereocenters. The van der Waals surface area contributed by atoms with Crippen LogP contribution in [0.1, 0.15) is 24.5 Å². The molecular formula is C19H22BrClFNO3. The Labute approximate surface area is 166 Å². The monoisotopic (exact) mass is 445 g/mol. The zero-order chi connectivity index (χ0) is 19.1. The van der Waals surface area contributed by atoms with E-state index in [9.17, 15) is 9.50 Å². The van der Waals surface area contributed by atoms with Crippen LogP contribution < -0.4 is 14.8 Å². The molecule has 0 saturated carbocycles. The Morgan fingerprint density at radius 2 is 2.08 bits per heavy atom. The van der Waals surface area contributed by atoms with E-state index in [-0.39, 0.29) is 25.1 Å². The lowest BCUT2D eigenvalue weighted by Crippen LogP contribution is -2.31. The first kappa shape index (κ1) is 21.0. The van der Waals surface area contributed by atoms with Crippen molar-refractivity contribution in [2.24, 2.45) is 0 Å². The third-order valence-corrected chi connectivity index (χ3v) is 4.93. The van der Waals surface area contributed by atoms with Crippen LogP contribution in [0, 0.1) is 5.82 Å². The topological polar surface area (TPSA) is 50.7 Å². The molecule has 0 aromatic heterocycles. The molecule has 0 spiro atoms. The first-order valence-electron chi connectivity index (χ1n) is 8.25. The average molecular weight is 447 g/mol. The van der Waals surface area contributed by atoms with Crippen LogP contribution in [0.25, 0.3) is 0 Å². The summed E-state index contributed by atoms with van der Waals surface area (Å²) in [5.74, 6) is 0.736. The minimum absolute atomic E-state index is 0.0521. The van der Waals surface area contributed by atoms with Crippen LogP contribution in [0.5, 0.6) is 11.5 Å². The Morgan fingerprint density at radius 1 is 1.31 bits per heavy atom. The van der Waals surface area contributed by atoms with Gasteiger partial charge in [-0.15, -0.1) is 0 Å². The zero-order valence-electron chi connectivity index (χ0n) is 14.7. The molecule has 2 aromatic rings. The zero-order valence-corrected chi connectivity index (χ0v) is 17.0. The molecule has 0 heterocycles. The molecule has 0 aliphatic carbocycles. The van der Waals surface area contributed by atoms with Crippen LogP contribution in [0.2, 0.25) is 5.02 Å². The van der Waals surface area contributed by atoms with Gasteiger partial charge in [-0.1, -0.05) is 24.6 Å². The van der Waals surface area contributed by atoms with Crippen molar-refractivity contribution in [3.8, 4) is 11.5 Å². The molecule has 2 N–H and O–H groups in total. The van der Waals surface area contributed by atoms with Crippen LogP contribution in [0.15, 0.2) is 34.8 Å². The van der Waals surface area contributed by atoms with Gasteiger partial charge in [-0.25, -0.2) is 4.39 Å². The number of aliphatic hydroxyl groups is 1. The second-order valence-corrected chi connectivity index (χ2v) is 7.06. The molecule has 26 heavy (non-hydrogen) atoms. The quantitative estimate of drug-likeness (QED) is 0.587. The third kappa shape index (κ3) is 5.58. The van der Waals surface area contributed by atoms with Crippen LogP contribution >= 0.6 is 27.5 Å². The number of benzene rings is 2. The van der Waals surface area contributed by atoms with Crippen LogP contribution in [-0.2, 0) is 13.2 Å². The van der Waals surface area contributed by atoms with Gasteiger partial charge < -0.3 is 19.9 Å². The number of halogens is 3. The number of ether oxygens (including phenoxy) is 2. The fourth-order valence-corrected chi connectivity index (χ4v) is 3.23. The maximum Gasteiger partial charge on any atom is 0.175 e. The van der Waals surface area contributed by atoms with Gasteiger partial charge in [-0.05, 0) is 52.2 Å². The van der Waals surface area contributed by atoms with Crippen molar-refractivity contribution in [2.75, 3.05) is 13.7 Å². The molecule has 0 radical (unpaired) electrons. The molecule has 0 aliphatic heterocycles. The van der Waals surface area contributed by atoms with Crippen molar-refractivity contribution in [2.45, 2.75) is 32.5 Å². The van der Waals surface area contributed by atoms with Gasteiger partial charge >= 0.3 is 0 Å². The van der Waals surface area contributed by atoms with Crippen molar-refractivity contribution in [3.63, 3.8) is 0 Å². The fraction of sp³-hybridized carbons (Fsp3) is 0.368. The van der Waals surface area contributed by atoms with Gasteiger partial charge in [0.05, 0.1) is 23.2 Å². The third-order valence-electron chi connectivity index (χ3n) is 3.98. The van der Waals surface area contributed by atoms with Crippen molar-refractivity contribution in [1.82, 2.24) is 5.32 Å². The predicted octanol–water partition coefficient (Wildman–Crippen LogP) is 4.69. The lowest BCUT2D eigenvalue weighted by Gasteiger charge is -2.17. The number of nitrogens with one attached hydrogen (secondary N) is 1. The SMILES string of the molecule is CCC(CO)NCc1cc(Br)c(OCc2ccc(F)cc2Cl)c(OC)c1. The Hall–Kier alpha value is -1.34. The largest absolute Gasteiger partial charge is 0.493 e. The Kier molecular flexibility index (Phi) is 8.15. The van der Waals surface area contributed by atoms with Gasteiger partial charge in [0.15, 0.2) is 11.5 Å². The van der Waals surface area contributed by atoms with Gasteiger partial charge in [-0.3, -0.25) is 0 Å². The number of aliphatic hydroxyl groups excluding tert-OH is 1. The summed E-state index contributed by atoms with van der Waals surface area (Å²) in [4.78, 5) is 0.